The molecule has 0 spiro atoms. The fourth-order valence-electron chi connectivity index (χ4n) is 1.83. The van der Waals surface area contributed by atoms with Crippen LogP contribution in [-0.4, -0.2) is 40.8 Å². The Labute approximate surface area is 98.7 Å². The normalized spacial score (nSPS) is 27.6. The van der Waals surface area contributed by atoms with E-state index in [1.165, 1.54) is 0 Å². The lowest BCUT2D eigenvalue weighted by atomic mass is 9.83. The monoisotopic (exact) mass is 240 g/mol. The van der Waals surface area contributed by atoms with E-state index in [1.807, 2.05) is 6.92 Å². The summed E-state index contributed by atoms with van der Waals surface area (Å²) in [6.45, 7) is 4.14. The van der Waals surface area contributed by atoms with Gasteiger partial charge in [0.25, 0.3) is 11.7 Å². The first-order chi connectivity index (χ1) is 8.11. The lowest BCUT2D eigenvalue weighted by Gasteiger charge is -2.42. The minimum atomic E-state index is -0.383. The molecule has 1 aromatic rings. The summed E-state index contributed by atoms with van der Waals surface area (Å²) in [5.41, 5.74) is 5.82. The van der Waals surface area contributed by atoms with Crippen LogP contribution >= 0.6 is 0 Å². The fraction of sp³-hybridized carbons (Fsp3) is 0.700. The van der Waals surface area contributed by atoms with Gasteiger partial charge in [0.15, 0.2) is 0 Å². The second kappa shape index (κ2) is 4.80. The Hall–Kier alpha value is -1.47. The van der Waals surface area contributed by atoms with Crippen molar-refractivity contribution in [3.8, 4) is 0 Å². The van der Waals surface area contributed by atoms with Crippen molar-refractivity contribution >= 4 is 5.91 Å². The molecule has 0 aromatic carbocycles. The molecule has 1 aromatic heterocycles. The van der Waals surface area contributed by atoms with Gasteiger partial charge in [0.1, 0.15) is 0 Å². The van der Waals surface area contributed by atoms with Crippen LogP contribution in [0.4, 0.5) is 0 Å². The number of rotatable bonds is 4. The molecule has 1 heterocycles. The van der Waals surface area contributed by atoms with E-state index < -0.39 is 0 Å². The molecular formula is C10H16N4O3. The smallest absolute Gasteiger partial charge is 0.293 e. The maximum Gasteiger partial charge on any atom is 0.293 e. The van der Waals surface area contributed by atoms with Crippen molar-refractivity contribution in [1.29, 1.82) is 0 Å². The molecule has 1 fully saturated rings. The Balaban J connectivity index is 1.94. The number of carbonyl (C=O) groups excluding carboxylic acids is 1. The summed E-state index contributed by atoms with van der Waals surface area (Å²) < 4.78 is 10.2. The second-order valence-electron chi connectivity index (χ2n) is 4.03. The van der Waals surface area contributed by atoms with Gasteiger partial charge in [-0.3, -0.25) is 4.79 Å². The average Bonchev–Trinajstić information content (AvgIpc) is 2.72. The quantitative estimate of drug-likeness (QED) is 0.743. The van der Waals surface area contributed by atoms with Crippen molar-refractivity contribution in [3.63, 3.8) is 0 Å². The Morgan fingerprint density at radius 2 is 2.47 bits per heavy atom. The molecule has 1 aliphatic carbocycles. The van der Waals surface area contributed by atoms with Gasteiger partial charge in [-0.25, -0.2) is 0 Å². The van der Waals surface area contributed by atoms with Crippen LogP contribution < -0.4 is 11.1 Å². The molecule has 0 radical (unpaired) electrons. The molecule has 1 saturated carbocycles. The highest BCUT2D eigenvalue weighted by Crippen LogP contribution is 2.22. The molecule has 7 nitrogen and oxygen atoms in total. The van der Waals surface area contributed by atoms with E-state index in [0.29, 0.717) is 12.5 Å². The van der Waals surface area contributed by atoms with Gasteiger partial charge in [0.2, 0.25) is 5.89 Å². The maximum absolute atomic E-state index is 11.7. The summed E-state index contributed by atoms with van der Waals surface area (Å²) >= 11 is 0. The number of hydrogen-bond donors (Lipinski definition) is 2. The molecule has 1 aliphatic rings. The van der Waals surface area contributed by atoms with Crippen LogP contribution in [0.15, 0.2) is 4.52 Å². The molecule has 3 atom stereocenters. The van der Waals surface area contributed by atoms with Crippen LogP contribution in [-0.2, 0) is 4.74 Å². The van der Waals surface area contributed by atoms with Gasteiger partial charge in [-0.15, -0.1) is 0 Å². The van der Waals surface area contributed by atoms with Crippen LogP contribution in [0.25, 0.3) is 0 Å². The number of hydrogen-bond acceptors (Lipinski definition) is 6. The van der Waals surface area contributed by atoms with E-state index in [1.54, 1.807) is 6.92 Å². The van der Waals surface area contributed by atoms with Gasteiger partial charge in [0.05, 0.1) is 12.1 Å². The largest absolute Gasteiger partial charge is 0.376 e. The molecule has 7 heteroatoms. The van der Waals surface area contributed by atoms with Crippen molar-refractivity contribution in [2.45, 2.75) is 38.5 Å². The Morgan fingerprint density at radius 3 is 3.00 bits per heavy atom. The highest BCUT2D eigenvalue weighted by Gasteiger charge is 2.40. The van der Waals surface area contributed by atoms with Gasteiger partial charge in [0, 0.05) is 19.6 Å². The summed E-state index contributed by atoms with van der Waals surface area (Å²) in [5.74, 6) is -0.00188. The van der Waals surface area contributed by atoms with Gasteiger partial charge in [-0.05, 0) is 13.3 Å². The first kappa shape index (κ1) is 12.0. The molecule has 17 heavy (non-hydrogen) atoms. The van der Waals surface area contributed by atoms with E-state index in [-0.39, 0.29) is 29.9 Å². The number of nitrogens with one attached hydrogen (secondary N) is 1. The van der Waals surface area contributed by atoms with Crippen LogP contribution in [0, 0.1) is 6.92 Å². The summed E-state index contributed by atoms with van der Waals surface area (Å²) in [6, 6.07) is -0.259. The third kappa shape index (κ3) is 2.45. The topological polar surface area (TPSA) is 103 Å². The standard InChI is InChI=1S/C10H16N4O3/c1-3-16-7-4-6(11)8(7)13-10(15)9-12-5(2)17-14-9/h6-8H,3-4,11H2,1-2H3,(H,13,15). The predicted octanol–water partition coefficient (Wildman–Crippen LogP) is -0.387. The number of nitrogens with two attached hydrogens (primary N) is 1. The average molecular weight is 240 g/mol. The van der Waals surface area contributed by atoms with E-state index in [0.717, 1.165) is 6.42 Å². The summed E-state index contributed by atoms with van der Waals surface area (Å²) in [5, 5.41) is 6.30. The third-order valence-electron chi connectivity index (χ3n) is 2.78. The van der Waals surface area contributed by atoms with Gasteiger partial charge in [-0.2, -0.15) is 4.98 Å². The molecule has 0 bridgehead atoms. The van der Waals surface area contributed by atoms with Crippen molar-refractivity contribution < 1.29 is 14.1 Å². The van der Waals surface area contributed by atoms with Crippen molar-refractivity contribution in [2.75, 3.05) is 6.61 Å². The van der Waals surface area contributed by atoms with Crippen molar-refractivity contribution in [3.05, 3.63) is 11.7 Å². The zero-order valence-corrected chi connectivity index (χ0v) is 9.84. The minimum absolute atomic E-state index is 0.0213. The van der Waals surface area contributed by atoms with Crippen molar-refractivity contribution in [2.24, 2.45) is 5.73 Å². The zero-order valence-electron chi connectivity index (χ0n) is 9.84. The highest BCUT2D eigenvalue weighted by atomic mass is 16.5. The van der Waals surface area contributed by atoms with E-state index in [9.17, 15) is 4.79 Å². The van der Waals surface area contributed by atoms with Crippen LogP contribution in [0.2, 0.25) is 0 Å². The van der Waals surface area contributed by atoms with Crippen LogP contribution in [0.5, 0.6) is 0 Å². The number of ether oxygens (including phenoxy) is 1. The SMILES string of the molecule is CCOC1CC(N)C1NC(=O)c1noc(C)n1. The Kier molecular flexibility index (Phi) is 3.39. The number of nitrogens with zero attached hydrogens (tertiary/aromatic N) is 2. The maximum atomic E-state index is 11.7. The van der Waals surface area contributed by atoms with Crippen LogP contribution in [0.1, 0.15) is 29.9 Å². The predicted molar refractivity (Wildman–Crippen MR) is 58.3 cm³/mol. The Bertz CT molecular complexity index is 404. The number of aryl methyl sites for hydroxylation is 1. The molecule has 3 N–H and O–H groups in total. The first-order valence-corrected chi connectivity index (χ1v) is 5.60. The van der Waals surface area contributed by atoms with Gasteiger partial charge >= 0.3 is 0 Å². The lowest BCUT2D eigenvalue weighted by molar-refractivity contribution is -0.0301. The van der Waals surface area contributed by atoms with Gasteiger partial charge in [-0.1, -0.05) is 5.16 Å². The van der Waals surface area contributed by atoms with Crippen molar-refractivity contribution in [1.82, 2.24) is 15.5 Å². The number of aromatic nitrogens is 2. The molecule has 0 aliphatic heterocycles. The first-order valence-electron chi connectivity index (χ1n) is 5.60. The van der Waals surface area contributed by atoms with E-state index >= 15 is 0 Å². The van der Waals surface area contributed by atoms with Crippen LogP contribution in [0.3, 0.4) is 0 Å². The van der Waals surface area contributed by atoms with E-state index in [2.05, 4.69) is 15.5 Å². The molecular weight excluding hydrogens is 224 g/mol. The molecule has 3 unspecified atom stereocenters. The van der Waals surface area contributed by atoms with Gasteiger partial charge < -0.3 is 20.3 Å². The lowest BCUT2D eigenvalue weighted by Crippen LogP contribution is -2.64. The number of carbonyl (C=O) groups is 1. The molecule has 1 amide bonds. The molecule has 94 valence electrons. The highest BCUT2D eigenvalue weighted by molar-refractivity contribution is 5.90. The third-order valence-corrected chi connectivity index (χ3v) is 2.78. The summed E-state index contributed by atoms with van der Waals surface area (Å²) in [7, 11) is 0. The Morgan fingerprint density at radius 1 is 1.71 bits per heavy atom. The second-order valence-corrected chi connectivity index (χ2v) is 4.03. The molecule has 0 saturated heterocycles. The molecule has 2 rings (SSSR count). The number of amides is 1. The zero-order chi connectivity index (χ0) is 12.4. The minimum Gasteiger partial charge on any atom is -0.376 e. The summed E-state index contributed by atoms with van der Waals surface area (Å²) in [6.07, 6.45) is 0.733. The van der Waals surface area contributed by atoms with E-state index in [4.69, 9.17) is 15.0 Å². The summed E-state index contributed by atoms with van der Waals surface area (Å²) in [4.78, 5) is 15.6. The fourth-order valence-corrected chi connectivity index (χ4v) is 1.83.